The van der Waals surface area contributed by atoms with Gasteiger partial charge in [0.15, 0.2) is 0 Å². The van der Waals surface area contributed by atoms with E-state index >= 15 is 0 Å². The van der Waals surface area contributed by atoms with Gasteiger partial charge in [-0.1, -0.05) is 18.2 Å². The molecule has 3 aromatic rings. The molecule has 1 aliphatic heterocycles. The van der Waals surface area contributed by atoms with Crippen molar-refractivity contribution in [3.05, 3.63) is 69.4 Å². The molecule has 1 saturated heterocycles. The zero-order valence-electron chi connectivity index (χ0n) is 17.6. The van der Waals surface area contributed by atoms with Gasteiger partial charge in [-0.25, -0.2) is 4.79 Å². The van der Waals surface area contributed by atoms with Crippen LogP contribution < -0.4 is 5.63 Å². The van der Waals surface area contributed by atoms with Crippen LogP contribution in [0.5, 0.6) is 0 Å². The minimum atomic E-state index is -0.565. The molecule has 1 atom stereocenters. The summed E-state index contributed by atoms with van der Waals surface area (Å²) in [5, 5.41) is 1.18. The van der Waals surface area contributed by atoms with E-state index in [1.54, 1.807) is 18.9 Å². The summed E-state index contributed by atoms with van der Waals surface area (Å²) in [5.41, 5.74) is 2.48. The second-order valence-corrected chi connectivity index (χ2v) is 8.09. The smallest absolute Gasteiger partial charge is 0.349 e. The average molecular weight is 408 g/mol. The van der Waals surface area contributed by atoms with Gasteiger partial charge in [-0.3, -0.25) is 4.79 Å². The Morgan fingerprint density at radius 2 is 2.07 bits per heavy atom. The molecule has 0 bridgehead atoms. The predicted octanol–water partition coefficient (Wildman–Crippen LogP) is 3.86. The van der Waals surface area contributed by atoms with Crippen molar-refractivity contribution in [3.63, 3.8) is 0 Å². The Morgan fingerprint density at radius 3 is 2.83 bits per heavy atom. The zero-order chi connectivity index (χ0) is 21.1. The van der Waals surface area contributed by atoms with Crippen LogP contribution in [0.3, 0.4) is 0 Å². The molecule has 0 saturated carbocycles. The Balaban J connectivity index is 1.46. The number of amides is 1. The van der Waals surface area contributed by atoms with Crippen LogP contribution in [0.2, 0.25) is 0 Å². The normalized spacial score (nSPS) is 16.7. The Labute approximate surface area is 175 Å². The maximum atomic E-state index is 12.9. The molecule has 1 fully saturated rings. The van der Waals surface area contributed by atoms with Gasteiger partial charge >= 0.3 is 5.63 Å². The van der Waals surface area contributed by atoms with Crippen molar-refractivity contribution in [1.29, 1.82) is 0 Å². The quantitative estimate of drug-likeness (QED) is 0.672. The number of rotatable bonds is 6. The van der Waals surface area contributed by atoms with Crippen molar-refractivity contribution in [1.82, 2.24) is 9.88 Å². The summed E-state index contributed by atoms with van der Waals surface area (Å²) in [6.07, 6.45) is 6.50. The van der Waals surface area contributed by atoms with E-state index in [1.807, 2.05) is 30.5 Å². The van der Waals surface area contributed by atoms with Crippen LogP contribution in [0.25, 0.3) is 10.9 Å². The number of para-hydroxylation sites is 1. The van der Waals surface area contributed by atoms with E-state index < -0.39 is 5.63 Å². The molecule has 1 aromatic carbocycles. The van der Waals surface area contributed by atoms with Gasteiger partial charge in [-0.2, -0.15) is 0 Å². The molecule has 1 aliphatic rings. The number of aromatic nitrogens is 1. The van der Waals surface area contributed by atoms with Gasteiger partial charge in [0.05, 0.1) is 6.10 Å². The van der Waals surface area contributed by atoms with Crippen LogP contribution in [0.15, 0.2) is 45.7 Å². The van der Waals surface area contributed by atoms with Crippen LogP contribution in [0, 0.1) is 6.92 Å². The molecule has 3 heterocycles. The highest BCUT2D eigenvalue weighted by molar-refractivity contribution is 5.95. The van der Waals surface area contributed by atoms with E-state index in [0.717, 1.165) is 37.8 Å². The minimum Gasteiger partial charge on any atom is -0.427 e. The number of aryl methyl sites for hydroxylation is 3. The van der Waals surface area contributed by atoms with Crippen molar-refractivity contribution in [2.24, 2.45) is 0 Å². The molecule has 0 spiro atoms. The van der Waals surface area contributed by atoms with Crippen LogP contribution in [-0.2, 0) is 17.6 Å². The van der Waals surface area contributed by atoms with Crippen LogP contribution in [0.4, 0.5) is 0 Å². The van der Waals surface area contributed by atoms with E-state index in [1.165, 1.54) is 10.9 Å². The number of carbonyl (C=O) groups is 1. The number of ether oxygens (including phenoxy) is 1. The summed E-state index contributed by atoms with van der Waals surface area (Å²) >= 11 is 0. The monoisotopic (exact) mass is 408 g/mol. The van der Waals surface area contributed by atoms with Crippen LogP contribution in [0.1, 0.15) is 46.5 Å². The summed E-state index contributed by atoms with van der Waals surface area (Å²) < 4.78 is 11.2. The number of nitrogens with zero attached hydrogens (tertiary/aromatic N) is 1. The van der Waals surface area contributed by atoms with Crippen molar-refractivity contribution in [2.75, 3.05) is 20.2 Å². The summed E-state index contributed by atoms with van der Waals surface area (Å²) in [6, 6.07) is 9.94. The molecule has 6 nitrogen and oxygen atoms in total. The van der Waals surface area contributed by atoms with Gasteiger partial charge in [0.25, 0.3) is 5.91 Å². The maximum absolute atomic E-state index is 12.9. The largest absolute Gasteiger partial charge is 0.427 e. The van der Waals surface area contributed by atoms with E-state index in [0.29, 0.717) is 24.3 Å². The lowest BCUT2D eigenvalue weighted by atomic mass is 10.0. The fraction of sp³-hybridized carbons (Fsp3) is 0.417. The number of aromatic amines is 1. The first-order valence-electron chi connectivity index (χ1n) is 10.6. The third-order valence-electron chi connectivity index (χ3n) is 5.83. The van der Waals surface area contributed by atoms with Crippen molar-refractivity contribution < 1.29 is 13.9 Å². The predicted molar refractivity (Wildman–Crippen MR) is 116 cm³/mol. The zero-order valence-corrected chi connectivity index (χ0v) is 17.6. The van der Waals surface area contributed by atoms with Gasteiger partial charge in [0.1, 0.15) is 11.3 Å². The van der Waals surface area contributed by atoms with Gasteiger partial charge in [-0.05, 0) is 55.9 Å². The summed E-state index contributed by atoms with van der Waals surface area (Å²) in [7, 11) is 1.71. The molecule has 0 radical (unpaired) electrons. The van der Waals surface area contributed by atoms with E-state index in [-0.39, 0.29) is 17.6 Å². The highest BCUT2D eigenvalue weighted by atomic mass is 16.5. The third-order valence-corrected chi connectivity index (χ3v) is 5.83. The molecule has 0 aliphatic carbocycles. The summed E-state index contributed by atoms with van der Waals surface area (Å²) in [6.45, 7) is 3.02. The molecule has 158 valence electrons. The van der Waals surface area contributed by atoms with Crippen LogP contribution in [-0.4, -0.2) is 42.1 Å². The first kappa shape index (κ1) is 20.4. The van der Waals surface area contributed by atoms with E-state index in [2.05, 4.69) is 11.1 Å². The molecule has 1 unspecified atom stereocenters. The number of benzene rings is 1. The van der Waals surface area contributed by atoms with Crippen molar-refractivity contribution >= 4 is 16.8 Å². The first-order valence-corrected chi connectivity index (χ1v) is 10.6. The molecule has 1 amide bonds. The Bertz CT molecular complexity index is 1090. The van der Waals surface area contributed by atoms with Gasteiger partial charge in [-0.15, -0.1) is 0 Å². The SMILES string of the molecule is Cc1cc(CCc2c[nH]c3ccccc23)oc(=O)c1C(=O)N(C)CC1CCCCO1. The van der Waals surface area contributed by atoms with E-state index in [4.69, 9.17) is 9.15 Å². The topological polar surface area (TPSA) is 75.5 Å². The molecule has 6 heteroatoms. The Hall–Kier alpha value is -2.86. The van der Waals surface area contributed by atoms with Crippen molar-refractivity contribution in [3.8, 4) is 0 Å². The number of H-pyrrole nitrogens is 1. The highest BCUT2D eigenvalue weighted by Crippen LogP contribution is 2.20. The van der Waals surface area contributed by atoms with E-state index in [9.17, 15) is 9.59 Å². The third kappa shape index (κ3) is 4.33. The lowest BCUT2D eigenvalue weighted by Gasteiger charge is -2.27. The standard InChI is InChI=1S/C24H28N2O4/c1-16-13-18(11-10-17-14-25-21-9-4-3-8-20(17)21)30-24(28)22(16)23(27)26(2)15-19-7-5-6-12-29-19/h3-4,8-9,13-14,19,25H,5-7,10-12,15H2,1-2H3. The number of fused-ring (bicyclic) bond motifs is 1. The van der Waals surface area contributed by atoms with Crippen LogP contribution >= 0.6 is 0 Å². The van der Waals surface area contributed by atoms with Gasteiger partial charge in [0, 0.05) is 43.7 Å². The lowest BCUT2D eigenvalue weighted by Crippen LogP contribution is -2.39. The number of likely N-dealkylation sites (N-methyl/N-ethyl adjacent to an activating group) is 1. The first-order chi connectivity index (χ1) is 14.5. The second-order valence-electron chi connectivity index (χ2n) is 8.09. The molecule has 30 heavy (non-hydrogen) atoms. The number of carbonyl (C=O) groups excluding carboxylic acids is 1. The summed E-state index contributed by atoms with van der Waals surface area (Å²) in [4.78, 5) is 30.3. The lowest BCUT2D eigenvalue weighted by molar-refractivity contribution is -0.000289. The molecule has 2 aromatic heterocycles. The fourth-order valence-corrected chi connectivity index (χ4v) is 4.18. The molecular formula is C24H28N2O4. The fourth-order valence-electron chi connectivity index (χ4n) is 4.18. The Kier molecular flexibility index (Phi) is 6.04. The second kappa shape index (κ2) is 8.88. The Morgan fingerprint density at radius 1 is 1.23 bits per heavy atom. The summed E-state index contributed by atoms with van der Waals surface area (Å²) in [5.74, 6) is 0.288. The molecule has 1 N–H and O–H groups in total. The van der Waals surface area contributed by atoms with Gasteiger partial charge < -0.3 is 19.0 Å². The molecular weight excluding hydrogens is 380 g/mol. The number of hydrogen-bond acceptors (Lipinski definition) is 4. The maximum Gasteiger partial charge on any atom is 0.349 e. The number of hydrogen-bond donors (Lipinski definition) is 1. The molecule has 4 rings (SSSR count). The average Bonchev–Trinajstić information content (AvgIpc) is 3.15. The van der Waals surface area contributed by atoms with Gasteiger partial charge in [0.2, 0.25) is 0 Å². The van der Waals surface area contributed by atoms with Crippen molar-refractivity contribution in [2.45, 2.75) is 45.1 Å². The highest BCUT2D eigenvalue weighted by Gasteiger charge is 2.24. The minimum absolute atomic E-state index is 0.0375. The number of nitrogens with one attached hydrogen (secondary N) is 1.